The van der Waals surface area contributed by atoms with Gasteiger partial charge in [-0.1, -0.05) is 45.3 Å². The van der Waals surface area contributed by atoms with E-state index in [1.54, 1.807) is 16.8 Å². The molecule has 0 spiro atoms. The molecule has 0 unspecified atom stereocenters. The molecule has 0 saturated carbocycles. The van der Waals surface area contributed by atoms with E-state index in [2.05, 4.69) is 48.9 Å². The molecule has 0 saturated heterocycles. The number of nitrogens with zero attached hydrogens (tertiary/aromatic N) is 4. The highest BCUT2D eigenvalue weighted by Gasteiger charge is 2.30. The zero-order valence-electron chi connectivity index (χ0n) is 12.0. The molecule has 116 valence electrons. The summed E-state index contributed by atoms with van der Waals surface area (Å²) in [6, 6.07) is 14.7. The van der Waals surface area contributed by atoms with Gasteiger partial charge in [-0.05, 0) is 52.2 Å². The number of benzene rings is 2. The lowest BCUT2D eigenvalue weighted by Gasteiger charge is -2.31. The molecule has 3 aromatic rings. The van der Waals surface area contributed by atoms with Gasteiger partial charge in [-0.25, -0.2) is 9.07 Å². The van der Waals surface area contributed by atoms with Crippen molar-refractivity contribution in [3.8, 4) is 0 Å². The van der Waals surface area contributed by atoms with Gasteiger partial charge < -0.3 is 5.32 Å². The number of nitrogens with one attached hydrogen (secondary N) is 1. The number of tetrazole rings is 1. The minimum atomic E-state index is -0.255. The average molecular weight is 374 g/mol. The molecule has 0 aliphatic carbocycles. The SMILES string of the molecule is Fc1cccc([C@H]2C[C@H](c3cccc(Br)c3)Nc3nnnn32)c1. The van der Waals surface area contributed by atoms with E-state index >= 15 is 0 Å². The minimum absolute atomic E-state index is 0.0549. The molecule has 7 heteroatoms. The maximum atomic E-state index is 13.6. The Morgan fingerprint density at radius 3 is 2.78 bits per heavy atom. The molecule has 1 N–H and O–H groups in total. The molecule has 1 aliphatic heterocycles. The van der Waals surface area contributed by atoms with E-state index in [0.717, 1.165) is 22.0 Å². The van der Waals surface area contributed by atoms with Crippen LogP contribution in [0.25, 0.3) is 0 Å². The van der Waals surface area contributed by atoms with Gasteiger partial charge in [0.15, 0.2) is 0 Å². The summed E-state index contributed by atoms with van der Waals surface area (Å²) in [5.74, 6) is 0.338. The highest BCUT2D eigenvalue weighted by atomic mass is 79.9. The van der Waals surface area contributed by atoms with Crippen LogP contribution in [0.1, 0.15) is 29.6 Å². The van der Waals surface area contributed by atoms with Crippen LogP contribution in [-0.4, -0.2) is 20.2 Å². The molecule has 5 nitrogen and oxygen atoms in total. The molecule has 2 heterocycles. The van der Waals surface area contributed by atoms with Crippen LogP contribution in [-0.2, 0) is 0 Å². The molecular weight excluding hydrogens is 361 g/mol. The third-order valence-corrected chi connectivity index (χ3v) is 4.53. The largest absolute Gasteiger partial charge is 0.346 e. The Balaban J connectivity index is 1.75. The van der Waals surface area contributed by atoms with Crippen LogP contribution < -0.4 is 5.32 Å². The van der Waals surface area contributed by atoms with Crippen molar-refractivity contribution in [1.82, 2.24) is 20.2 Å². The molecule has 1 aromatic heterocycles. The maximum Gasteiger partial charge on any atom is 0.243 e. The van der Waals surface area contributed by atoms with Crippen LogP contribution in [0.5, 0.6) is 0 Å². The number of halogens is 2. The Hall–Kier alpha value is -2.28. The lowest BCUT2D eigenvalue weighted by molar-refractivity contribution is 0.422. The van der Waals surface area contributed by atoms with E-state index in [-0.39, 0.29) is 17.9 Å². The fourth-order valence-electron chi connectivity index (χ4n) is 2.97. The second kappa shape index (κ2) is 5.73. The van der Waals surface area contributed by atoms with Crippen molar-refractivity contribution < 1.29 is 4.39 Å². The summed E-state index contributed by atoms with van der Waals surface area (Å²) in [7, 11) is 0. The second-order valence-electron chi connectivity index (χ2n) is 5.51. The van der Waals surface area contributed by atoms with E-state index < -0.39 is 0 Å². The third-order valence-electron chi connectivity index (χ3n) is 4.03. The summed E-state index contributed by atoms with van der Waals surface area (Å²) in [5.41, 5.74) is 2.00. The molecule has 2 atom stereocenters. The van der Waals surface area contributed by atoms with Crippen LogP contribution in [0.3, 0.4) is 0 Å². The molecule has 4 rings (SSSR count). The Labute approximate surface area is 140 Å². The number of aromatic nitrogens is 4. The van der Waals surface area contributed by atoms with Gasteiger partial charge in [-0.3, -0.25) is 0 Å². The summed E-state index contributed by atoms with van der Waals surface area (Å²) in [6.07, 6.45) is 0.734. The zero-order chi connectivity index (χ0) is 15.8. The third kappa shape index (κ3) is 2.72. The number of hydrogen-bond donors (Lipinski definition) is 1. The van der Waals surface area contributed by atoms with Gasteiger partial charge in [0.25, 0.3) is 0 Å². The molecule has 23 heavy (non-hydrogen) atoms. The lowest BCUT2D eigenvalue weighted by Crippen LogP contribution is -2.28. The standard InChI is InChI=1S/C16H13BrFN5/c17-12-5-1-3-10(7-12)14-9-15(11-4-2-6-13(18)8-11)23-16(19-14)20-21-22-23/h1-8,14-15H,9H2,(H,19,20,22)/t14-,15-/m1/s1. The van der Waals surface area contributed by atoms with Gasteiger partial charge in [-0.2, -0.15) is 0 Å². The van der Waals surface area contributed by atoms with Gasteiger partial charge in [0.2, 0.25) is 5.95 Å². The molecular formula is C16H13BrFN5. The van der Waals surface area contributed by atoms with E-state index in [1.807, 2.05) is 18.2 Å². The van der Waals surface area contributed by atoms with Crippen molar-refractivity contribution in [2.45, 2.75) is 18.5 Å². The summed E-state index contributed by atoms with van der Waals surface area (Å²) in [5, 5.41) is 15.2. The first-order valence-electron chi connectivity index (χ1n) is 7.26. The van der Waals surface area contributed by atoms with Crippen molar-refractivity contribution in [1.29, 1.82) is 0 Å². The average Bonchev–Trinajstić information content (AvgIpc) is 3.02. The van der Waals surface area contributed by atoms with Gasteiger partial charge in [0, 0.05) is 4.47 Å². The Morgan fingerprint density at radius 2 is 1.96 bits per heavy atom. The minimum Gasteiger partial charge on any atom is -0.346 e. The van der Waals surface area contributed by atoms with Crippen LogP contribution >= 0.6 is 15.9 Å². The van der Waals surface area contributed by atoms with E-state index in [4.69, 9.17) is 0 Å². The molecule has 1 aliphatic rings. The van der Waals surface area contributed by atoms with Crippen LogP contribution in [0.2, 0.25) is 0 Å². The number of anilines is 1. The predicted octanol–water partition coefficient (Wildman–Crippen LogP) is 3.72. The van der Waals surface area contributed by atoms with Gasteiger partial charge in [-0.15, -0.1) is 0 Å². The number of hydrogen-bond acceptors (Lipinski definition) is 4. The van der Waals surface area contributed by atoms with Gasteiger partial charge >= 0.3 is 0 Å². The highest BCUT2D eigenvalue weighted by Crippen LogP contribution is 2.37. The zero-order valence-corrected chi connectivity index (χ0v) is 13.6. The summed E-state index contributed by atoms with van der Waals surface area (Å²) < 4.78 is 16.3. The van der Waals surface area contributed by atoms with E-state index in [9.17, 15) is 4.39 Å². The van der Waals surface area contributed by atoms with Crippen molar-refractivity contribution in [2.75, 3.05) is 5.32 Å². The van der Waals surface area contributed by atoms with Crippen LogP contribution in [0.15, 0.2) is 53.0 Å². The monoisotopic (exact) mass is 373 g/mol. The fourth-order valence-corrected chi connectivity index (χ4v) is 3.39. The normalized spacial score (nSPS) is 19.9. The van der Waals surface area contributed by atoms with Crippen molar-refractivity contribution >= 4 is 21.9 Å². The summed E-state index contributed by atoms with van der Waals surface area (Å²) in [4.78, 5) is 0. The molecule has 0 amide bonds. The Morgan fingerprint density at radius 1 is 1.13 bits per heavy atom. The smallest absolute Gasteiger partial charge is 0.243 e. The fraction of sp³-hybridized carbons (Fsp3) is 0.188. The second-order valence-corrected chi connectivity index (χ2v) is 6.42. The summed E-state index contributed by atoms with van der Waals surface area (Å²) in [6.45, 7) is 0. The quantitative estimate of drug-likeness (QED) is 0.743. The first-order chi connectivity index (χ1) is 11.2. The van der Waals surface area contributed by atoms with Crippen LogP contribution in [0, 0.1) is 5.82 Å². The van der Waals surface area contributed by atoms with E-state index in [1.165, 1.54) is 6.07 Å². The maximum absolute atomic E-state index is 13.6. The van der Waals surface area contributed by atoms with Crippen LogP contribution in [0.4, 0.5) is 10.3 Å². The Bertz CT molecular complexity index is 850. The first kappa shape index (κ1) is 14.3. The lowest BCUT2D eigenvalue weighted by atomic mass is 9.93. The predicted molar refractivity (Wildman–Crippen MR) is 87.5 cm³/mol. The molecule has 0 bridgehead atoms. The van der Waals surface area contributed by atoms with Crippen molar-refractivity contribution in [2.24, 2.45) is 0 Å². The number of rotatable bonds is 2. The summed E-state index contributed by atoms with van der Waals surface area (Å²) >= 11 is 3.50. The Kier molecular flexibility index (Phi) is 3.57. The van der Waals surface area contributed by atoms with Gasteiger partial charge in [0.1, 0.15) is 5.82 Å². The molecule has 0 fully saturated rings. The van der Waals surface area contributed by atoms with E-state index in [0.29, 0.717) is 5.95 Å². The molecule has 2 aromatic carbocycles. The molecule has 0 radical (unpaired) electrons. The van der Waals surface area contributed by atoms with Gasteiger partial charge in [0.05, 0.1) is 12.1 Å². The highest BCUT2D eigenvalue weighted by molar-refractivity contribution is 9.10. The first-order valence-corrected chi connectivity index (χ1v) is 8.05. The van der Waals surface area contributed by atoms with Crippen molar-refractivity contribution in [3.05, 3.63) is 69.9 Å². The van der Waals surface area contributed by atoms with Crippen molar-refractivity contribution in [3.63, 3.8) is 0 Å². The number of fused-ring (bicyclic) bond motifs is 1. The topological polar surface area (TPSA) is 55.6 Å².